The topological polar surface area (TPSA) is 41.6 Å². The van der Waals surface area contributed by atoms with Crippen LogP contribution in [0.5, 0.6) is 0 Å². The molecule has 1 aliphatic rings. The predicted octanol–water partition coefficient (Wildman–Crippen LogP) is 2.36. The van der Waals surface area contributed by atoms with Crippen molar-refractivity contribution in [2.75, 3.05) is 0 Å². The lowest BCUT2D eigenvalue weighted by Gasteiger charge is -2.12. The van der Waals surface area contributed by atoms with Crippen LogP contribution < -0.4 is 0 Å². The average molecular weight is 189 g/mol. The van der Waals surface area contributed by atoms with Gasteiger partial charge in [-0.15, -0.1) is 0 Å². The number of nitrogens with zero attached hydrogens (tertiary/aromatic N) is 3. The predicted molar refractivity (Wildman–Crippen MR) is 53.7 cm³/mol. The Morgan fingerprint density at radius 1 is 1.64 bits per heavy atom. The first-order valence-corrected chi connectivity index (χ1v) is 5.11. The van der Waals surface area contributed by atoms with Gasteiger partial charge in [-0.1, -0.05) is 0 Å². The molecule has 1 aromatic rings. The lowest BCUT2D eigenvalue weighted by molar-refractivity contribution is 0.410. The molecule has 74 valence electrons. The highest BCUT2D eigenvalue weighted by molar-refractivity contribution is 5.13. The first-order valence-electron chi connectivity index (χ1n) is 5.11. The van der Waals surface area contributed by atoms with Crippen molar-refractivity contribution in [3.05, 3.63) is 17.5 Å². The normalized spacial score (nSPS) is 17.8. The molecule has 3 nitrogen and oxygen atoms in total. The molecule has 0 bridgehead atoms. The largest absolute Gasteiger partial charge is 0.268 e. The Morgan fingerprint density at radius 2 is 2.36 bits per heavy atom. The molecule has 0 saturated heterocycles. The van der Waals surface area contributed by atoms with E-state index in [0.717, 1.165) is 5.69 Å². The lowest BCUT2D eigenvalue weighted by atomic mass is 10.1. The number of nitriles is 1. The third-order valence-corrected chi connectivity index (χ3v) is 2.97. The van der Waals surface area contributed by atoms with Crippen molar-refractivity contribution in [1.82, 2.24) is 9.78 Å². The Hall–Kier alpha value is -1.30. The van der Waals surface area contributed by atoms with Gasteiger partial charge in [0, 0.05) is 6.20 Å². The number of hydrogen-bond acceptors (Lipinski definition) is 2. The van der Waals surface area contributed by atoms with Crippen molar-refractivity contribution in [2.24, 2.45) is 5.92 Å². The fourth-order valence-corrected chi connectivity index (χ4v) is 1.79. The van der Waals surface area contributed by atoms with Gasteiger partial charge in [-0.25, -0.2) is 0 Å². The maximum absolute atomic E-state index is 8.76. The second-order valence-electron chi connectivity index (χ2n) is 4.14. The van der Waals surface area contributed by atoms with Crippen molar-refractivity contribution in [3.8, 4) is 6.07 Å². The molecule has 1 atom stereocenters. The van der Waals surface area contributed by atoms with Crippen molar-refractivity contribution in [3.63, 3.8) is 0 Å². The molecule has 14 heavy (non-hydrogen) atoms. The molecule has 0 radical (unpaired) electrons. The molecular formula is C11H15N3. The molecule has 1 aromatic heterocycles. The van der Waals surface area contributed by atoms with E-state index >= 15 is 0 Å². The summed E-state index contributed by atoms with van der Waals surface area (Å²) in [4.78, 5) is 0. The van der Waals surface area contributed by atoms with Crippen molar-refractivity contribution in [1.29, 1.82) is 5.26 Å². The highest BCUT2D eigenvalue weighted by Gasteiger charge is 2.32. The summed E-state index contributed by atoms with van der Waals surface area (Å²) in [5.41, 5.74) is 2.29. The van der Waals surface area contributed by atoms with E-state index in [-0.39, 0.29) is 0 Å². The molecule has 1 aliphatic carbocycles. The zero-order valence-corrected chi connectivity index (χ0v) is 8.70. The van der Waals surface area contributed by atoms with Gasteiger partial charge >= 0.3 is 0 Å². The average Bonchev–Trinajstić information content (AvgIpc) is 2.91. The number of aromatic nitrogens is 2. The molecule has 1 saturated carbocycles. The van der Waals surface area contributed by atoms with Crippen LogP contribution in [0.15, 0.2) is 6.20 Å². The van der Waals surface area contributed by atoms with E-state index in [1.807, 2.05) is 11.6 Å². The minimum atomic E-state index is 0.312. The third-order valence-electron chi connectivity index (χ3n) is 2.97. The van der Waals surface area contributed by atoms with E-state index in [1.165, 1.54) is 18.4 Å². The fraction of sp³-hybridized carbons (Fsp3) is 0.636. The van der Waals surface area contributed by atoms with Gasteiger partial charge in [-0.3, -0.25) is 4.68 Å². The summed E-state index contributed by atoms with van der Waals surface area (Å²) < 4.78 is 1.99. The summed E-state index contributed by atoms with van der Waals surface area (Å²) in [5, 5.41) is 13.2. The molecule has 1 unspecified atom stereocenters. The Labute approximate surface area is 84.3 Å². The fourth-order valence-electron chi connectivity index (χ4n) is 1.79. The van der Waals surface area contributed by atoms with Gasteiger partial charge in [-0.2, -0.15) is 10.4 Å². The number of rotatable bonds is 3. The highest BCUT2D eigenvalue weighted by Crippen LogP contribution is 2.41. The van der Waals surface area contributed by atoms with Gasteiger partial charge in [0.15, 0.2) is 0 Å². The monoisotopic (exact) mass is 189 g/mol. The Bertz CT molecular complexity index is 349. The van der Waals surface area contributed by atoms with Crippen LogP contribution in [0.1, 0.15) is 36.6 Å². The summed E-state index contributed by atoms with van der Waals surface area (Å²) in [6.45, 7) is 4.08. The maximum atomic E-state index is 8.76. The summed E-state index contributed by atoms with van der Waals surface area (Å²) in [7, 11) is 0. The molecule has 0 aliphatic heterocycles. The Kier molecular flexibility index (Phi) is 2.28. The smallest absolute Gasteiger partial charge is 0.0677 e. The van der Waals surface area contributed by atoms with Crippen LogP contribution in [-0.2, 0) is 0 Å². The van der Waals surface area contributed by atoms with Gasteiger partial charge in [0.25, 0.3) is 0 Å². The Balaban J connectivity index is 2.22. The maximum Gasteiger partial charge on any atom is 0.0677 e. The third kappa shape index (κ3) is 1.65. The molecule has 1 fully saturated rings. The zero-order chi connectivity index (χ0) is 10.1. The molecule has 1 heterocycles. The Morgan fingerprint density at radius 3 is 2.79 bits per heavy atom. The van der Waals surface area contributed by atoms with Gasteiger partial charge in [0.1, 0.15) is 0 Å². The molecular weight excluding hydrogens is 174 g/mol. The number of hydrogen-bond donors (Lipinski definition) is 0. The van der Waals surface area contributed by atoms with E-state index in [0.29, 0.717) is 18.4 Å². The summed E-state index contributed by atoms with van der Waals surface area (Å²) >= 11 is 0. The quantitative estimate of drug-likeness (QED) is 0.732. The van der Waals surface area contributed by atoms with Gasteiger partial charge < -0.3 is 0 Å². The molecule has 0 spiro atoms. The van der Waals surface area contributed by atoms with Crippen LogP contribution in [-0.4, -0.2) is 9.78 Å². The van der Waals surface area contributed by atoms with E-state index in [1.54, 1.807) is 0 Å². The summed E-state index contributed by atoms with van der Waals surface area (Å²) in [6.07, 6.45) is 5.16. The van der Waals surface area contributed by atoms with Crippen LogP contribution in [0.4, 0.5) is 0 Å². The summed E-state index contributed by atoms with van der Waals surface area (Å²) in [6, 6.07) is 2.57. The minimum absolute atomic E-state index is 0.312. The first-order chi connectivity index (χ1) is 6.72. The molecule has 3 heteroatoms. The van der Waals surface area contributed by atoms with E-state index in [2.05, 4.69) is 24.3 Å². The van der Waals surface area contributed by atoms with E-state index in [9.17, 15) is 0 Å². The van der Waals surface area contributed by atoms with Crippen LogP contribution in [0.2, 0.25) is 0 Å². The van der Waals surface area contributed by atoms with Crippen LogP contribution >= 0.6 is 0 Å². The molecule has 0 N–H and O–H groups in total. The highest BCUT2D eigenvalue weighted by atomic mass is 15.3. The van der Waals surface area contributed by atoms with Crippen LogP contribution in [0.3, 0.4) is 0 Å². The van der Waals surface area contributed by atoms with E-state index < -0.39 is 0 Å². The van der Waals surface area contributed by atoms with Crippen molar-refractivity contribution in [2.45, 2.75) is 39.2 Å². The molecule has 2 rings (SSSR count). The standard InChI is InChI=1S/C11H15N3/c1-8-7-14(13-9(8)2)11(5-6-12)10-3-4-10/h7,10-11H,3-5H2,1-2H3. The van der Waals surface area contributed by atoms with Crippen LogP contribution in [0, 0.1) is 31.1 Å². The van der Waals surface area contributed by atoms with Crippen molar-refractivity contribution < 1.29 is 0 Å². The molecule has 0 aromatic carbocycles. The number of aryl methyl sites for hydroxylation is 2. The second-order valence-corrected chi connectivity index (χ2v) is 4.14. The van der Waals surface area contributed by atoms with Gasteiger partial charge in [-0.05, 0) is 38.2 Å². The zero-order valence-electron chi connectivity index (χ0n) is 8.70. The summed E-state index contributed by atoms with van der Waals surface area (Å²) in [5.74, 6) is 0.688. The van der Waals surface area contributed by atoms with Gasteiger partial charge in [0.05, 0.1) is 24.2 Å². The lowest BCUT2D eigenvalue weighted by Crippen LogP contribution is -2.11. The van der Waals surface area contributed by atoms with Crippen molar-refractivity contribution >= 4 is 0 Å². The van der Waals surface area contributed by atoms with Crippen LogP contribution in [0.25, 0.3) is 0 Å². The minimum Gasteiger partial charge on any atom is -0.268 e. The molecule has 0 amide bonds. The SMILES string of the molecule is Cc1cn(C(CC#N)C2CC2)nc1C. The second kappa shape index (κ2) is 3.45. The van der Waals surface area contributed by atoms with E-state index in [4.69, 9.17) is 5.26 Å². The van der Waals surface area contributed by atoms with Gasteiger partial charge in [0.2, 0.25) is 0 Å². The first kappa shape index (κ1) is 9.26.